The van der Waals surface area contributed by atoms with E-state index in [0.717, 1.165) is 5.56 Å². The van der Waals surface area contributed by atoms with E-state index in [4.69, 9.17) is 4.74 Å². The van der Waals surface area contributed by atoms with Crippen molar-refractivity contribution < 1.29 is 14.6 Å². The lowest BCUT2D eigenvalue weighted by Crippen LogP contribution is -2.48. The van der Waals surface area contributed by atoms with E-state index in [1.54, 1.807) is 4.90 Å². The van der Waals surface area contributed by atoms with Gasteiger partial charge < -0.3 is 14.7 Å². The zero-order valence-corrected chi connectivity index (χ0v) is 13.0. The van der Waals surface area contributed by atoms with Crippen LogP contribution in [0.1, 0.15) is 37.7 Å². The van der Waals surface area contributed by atoms with E-state index in [9.17, 15) is 9.90 Å². The molecule has 1 saturated heterocycles. The molecule has 3 rings (SSSR count). The van der Waals surface area contributed by atoms with Gasteiger partial charge in [0.1, 0.15) is 6.61 Å². The third kappa shape index (κ3) is 3.61. The summed E-state index contributed by atoms with van der Waals surface area (Å²) in [6.07, 6.45) is 5.05. The second-order valence-corrected chi connectivity index (χ2v) is 6.55. The average molecular weight is 303 g/mol. The minimum atomic E-state index is -0.263. The molecule has 1 aromatic carbocycles. The second kappa shape index (κ2) is 7.14. The summed E-state index contributed by atoms with van der Waals surface area (Å²) in [7, 11) is 0. The third-order valence-corrected chi connectivity index (χ3v) is 5.09. The number of aliphatic hydroxyl groups excluding tert-OH is 1. The number of hydrogen-bond acceptors (Lipinski definition) is 3. The van der Waals surface area contributed by atoms with Crippen LogP contribution in [0.15, 0.2) is 30.3 Å². The largest absolute Gasteiger partial charge is 0.445 e. The average Bonchev–Trinajstić information content (AvgIpc) is 3.08. The van der Waals surface area contributed by atoms with Crippen LogP contribution in [0.2, 0.25) is 0 Å². The minimum absolute atomic E-state index is 0.223. The summed E-state index contributed by atoms with van der Waals surface area (Å²) in [6.45, 7) is 1.55. The van der Waals surface area contributed by atoms with Gasteiger partial charge in [-0.3, -0.25) is 0 Å². The summed E-state index contributed by atoms with van der Waals surface area (Å²) in [6, 6.07) is 9.74. The van der Waals surface area contributed by atoms with Crippen molar-refractivity contribution in [2.45, 2.75) is 44.8 Å². The van der Waals surface area contributed by atoms with Crippen molar-refractivity contribution >= 4 is 6.09 Å². The van der Waals surface area contributed by atoms with Crippen LogP contribution < -0.4 is 0 Å². The molecule has 0 bridgehead atoms. The Labute approximate surface area is 132 Å². The first-order chi connectivity index (χ1) is 10.7. The van der Waals surface area contributed by atoms with Crippen LogP contribution >= 0.6 is 0 Å². The third-order valence-electron chi connectivity index (χ3n) is 5.09. The van der Waals surface area contributed by atoms with Gasteiger partial charge >= 0.3 is 6.09 Å². The molecule has 1 aliphatic carbocycles. The monoisotopic (exact) mass is 303 g/mol. The first kappa shape index (κ1) is 15.3. The maximum Gasteiger partial charge on any atom is 0.410 e. The van der Waals surface area contributed by atoms with E-state index in [0.29, 0.717) is 32.0 Å². The highest BCUT2D eigenvalue weighted by Crippen LogP contribution is 2.36. The first-order valence-electron chi connectivity index (χ1n) is 8.38. The molecule has 1 N–H and O–H groups in total. The number of nitrogens with zero attached hydrogens (tertiary/aromatic N) is 1. The fourth-order valence-electron chi connectivity index (χ4n) is 3.79. The second-order valence-electron chi connectivity index (χ2n) is 6.55. The predicted octanol–water partition coefficient (Wildman–Crippen LogP) is 3.20. The smallest absolute Gasteiger partial charge is 0.410 e. The Kier molecular flexibility index (Phi) is 4.98. The fraction of sp³-hybridized carbons (Fsp3) is 0.611. The van der Waals surface area contributed by atoms with E-state index in [2.05, 4.69) is 0 Å². The molecule has 0 spiro atoms. The number of carbonyl (C=O) groups is 1. The van der Waals surface area contributed by atoms with E-state index in [1.165, 1.54) is 25.7 Å². The van der Waals surface area contributed by atoms with Gasteiger partial charge in [0, 0.05) is 19.0 Å². The van der Waals surface area contributed by atoms with Crippen LogP contribution in [0, 0.1) is 11.8 Å². The lowest BCUT2D eigenvalue weighted by molar-refractivity contribution is -0.00292. The number of carbonyl (C=O) groups excluding carboxylic acids is 1. The zero-order chi connectivity index (χ0) is 15.4. The van der Waals surface area contributed by atoms with Gasteiger partial charge in [0.05, 0.1) is 6.10 Å². The lowest BCUT2D eigenvalue weighted by atomic mass is 9.82. The van der Waals surface area contributed by atoms with Crippen LogP contribution in [0.25, 0.3) is 0 Å². The first-order valence-corrected chi connectivity index (χ1v) is 8.38. The molecule has 1 aliphatic heterocycles. The minimum Gasteiger partial charge on any atom is -0.445 e. The zero-order valence-electron chi connectivity index (χ0n) is 13.0. The normalized spacial score (nSPS) is 26.1. The molecular weight excluding hydrogens is 278 g/mol. The Balaban J connectivity index is 1.53. The van der Waals surface area contributed by atoms with Crippen molar-refractivity contribution in [3.8, 4) is 0 Å². The lowest BCUT2D eigenvalue weighted by Gasteiger charge is -2.38. The standard InChI is InChI=1S/C18H25NO3/c20-17-10-11-19(12-16(17)15-8-4-5-9-15)18(21)22-13-14-6-2-1-3-7-14/h1-3,6-7,15-17,20H,4-5,8-13H2/t16-,17+/m0/s1. The highest BCUT2D eigenvalue weighted by Gasteiger charge is 2.36. The summed E-state index contributed by atoms with van der Waals surface area (Å²) < 4.78 is 5.42. The maximum atomic E-state index is 12.3. The van der Waals surface area contributed by atoms with Gasteiger partial charge in [0.25, 0.3) is 0 Å². The topological polar surface area (TPSA) is 49.8 Å². The number of rotatable bonds is 3. The van der Waals surface area contributed by atoms with E-state index in [1.807, 2.05) is 30.3 Å². The van der Waals surface area contributed by atoms with Crippen molar-refractivity contribution in [1.82, 2.24) is 4.90 Å². The van der Waals surface area contributed by atoms with Crippen LogP contribution in [0.3, 0.4) is 0 Å². The number of amides is 1. The summed E-state index contributed by atoms with van der Waals surface area (Å²) >= 11 is 0. The molecule has 4 heteroatoms. The molecule has 0 radical (unpaired) electrons. The summed E-state index contributed by atoms with van der Waals surface area (Å²) in [5, 5.41) is 10.3. The molecule has 1 aromatic rings. The van der Waals surface area contributed by atoms with E-state index >= 15 is 0 Å². The van der Waals surface area contributed by atoms with Crippen molar-refractivity contribution in [3.05, 3.63) is 35.9 Å². The predicted molar refractivity (Wildman–Crippen MR) is 84.3 cm³/mol. The van der Waals surface area contributed by atoms with Crippen molar-refractivity contribution in [1.29, 1.82) is 0 Å². The molecule has 0 unspecified atom stereocenters. The van der Waals surface area contributed by atoms with E-state index in [-0.39, 0.29) is 18.1 Å². The quantitative estimate of drug-likeness (QED) is 0.933. The molecule has 2 atom stereocenters. The van der Waals surface area contributed by atoms with Gasteiger partial charge in [-0.1, -0.05) is 56.0 Å². The van der Waals surface area contributed by atoms with Crippen LogP contribution in [0.4, 0.5) is 4.79 Å². The van der Waals surface area contributed by atoms with Gasteiger partial charge in [0.2, 0.25) is 0 Å². The number of hydrogen-bond donors (Lipinski definition) is 1. The number of aliphatic hydroxyl groups is 1. The fourth-order valence-corrected chi connectivity index (χ4v) is 3.79. The van der Waals surface area contributed by atoms with Gasteiger partial charge in [0.15, 0.2) is 0 Å². The molecule has 2 fully saturated rings. The van der Waals surface area contributed by atoms with Crippen molar-refractivity contribution in [2.24, 2.45) is 11.8 Å². The highest BCUT2D eigenvalue weighted by atomic mass is 16.6. The maximum absolute atomic E-state index is 12.3. The van der Waals surface area contributed by atoms with Crippen LogP contribution in [-0.2, 0) is 11.3 Å². The molecule has 0 aromatic heterocycles. The Bertz CT molecular complexity index is 484. The molecule has 4 nitrogen and oxygen atoms in total. The Morgan fingerprint density at radius 1 is 1.18 bits per heavy atom. The van der Waals surface area contributed by atoms with Crippen LogP contribution in [-0.4, -0.2) is 35.3 Å². The number of ether oxygens (including phenoxy) is 1. The van der Waals surface area contributed by atoms with Crippen molar-refractivity contribution in [2.75, 3.05) is 13.1 Å². The Morgan fingerprint density at radius 3 is 2.64 bits per heavy atom. The molecule has 1 saturated carbocycles. The number of piperidine rings is 1. The molecule has 1 amide bonds. The number of benzene rings is 1. The summed E-state index contributed by atoms with van der Waals surface area (Å²) in [4.78, 5) is 14.0. The van der Waals surface area contributed by atoms with Gasteiger partial charge in [-0.05, 0) is 17.9 Å². The van der Waals surface area contributed by atoms with Gasteiger partial charge in [-0.25, -0.2) is 4.79 Å². The van der Waals surface area contributed by atoms with Crippen molar-refractivity contribution in [3.63, 3.8) is 0 Å². The molecular formula is C18H25NO3. The molecule has 2 aliphatic rings. The summed E-state index contributed by atoms with van der Waals surface area (Å²) in [5.74, 6) is 0.792. The molecule has 22 heavy (non-hydrogen) atoms. The SMILES string of the molecule is O=C(OCc1ccccc1)N1CC[C@@H](O)[C@H](C2CCCC2)C1. The van der Waals surface area contributed by atoms with Gasteiger partial charge in [-0.2, -0.15) is 0 Å². The van der Waals surface area contributed by atoms with Gasteiger partial charge in [-0.15, -0.1) is 0 Å². The van der Waals surface area contributed by atoms with E-state index < -0.39 is 0 Å². The Morgan fingerprint density at radius 2 is 1.91 bits per heavy atom. The molecule has 1 heterocycles. The number of likely N-dealkylation sites (tertiary alicyclic amines) is 1. The highest BCUT2D eigenvalue weighted by molar-refractivity contribution is 5.67. The summed E-state index contributed by atoms with van der Waals surface area (Å²) in [5.41, 5.74) is 1.00. The van der Waals surface area contributed by atoms with Crippen LogP contribution in [0.5, 0.6) is 0 Å². The molecule has 120 valence electrons. The Hall–Kier alpha value is -1.55.